The summed E-state index contributed by atoms with van der Waals surface area (Å²) < 4.78 is 0. The van der Waals surface area contributed by atoms with Gasteiger partial charge in [0.25, 0.3) is 0 Å². The van der Waals surface area contributed by atoms with E-state index >= 15 is 0 Å². The first-order valence-electron chi connectivity index (χ1n) is 10.5. The minimum Gasteiger partial charge on any atom is -0.507 e. The van der Waals surface area contributed by atoms with Crippen molar-refractivity contribution in [3.63, 3.8) is 0 Å². The lowest BCUT2D eigenvalue weighted by Crippen LogP contribution is -2.13. The van der Waals surface area contributed by atoms with Crippen molar-refractivity contribution in [3.8, 4) is 11.5 Å². The van der Waals surface area contributed by atoms with Gasteiger partial charge in [0.15, 0.2) is 0 Å². The lowest BCUT2D eigenvalue weighted by atomic mass is 9.84. The maximum Gasteiger partial charge on any atom is 0.122 e. The number of rotatable bonds is 4. The van der Waals surface area contributed by atoms with Crippen LogP contribution in [-0.2, 0) is 10.8 Å². The molecule has 0 radical (unpaired) electrons. The molecular formula is C26H38O2S. The topological polar surface area (TPSA) is 40.5 Å². The molecule has 29 heavy (non-hydrogen) atoms. The summed E-state index contributed by atoms with van der Waals surface area (Å²) in [4.78, 5) is 0. The van der Waals surface area contributed by atoms with Crippen molar-refractivity contribution in [2.45, 2.75) is 90.6 Å². The molecule has 160 valence electrons. The fraction of sp³-hybridized carbons (Fsp3) is 0.538. The van der Waals surface area contributed by atoms with Gasteiger partial charge in [-0.05, 0) is 71.9 Å². The number of hydrogen-bond donors (Lipinski definition) is 2. The Morgan fingerprint density at radius 1 is 0.655 bits per heavy atom. The van der Waals surface area contributed by atoms with Crippen molar-refractivity contribution in [1.29, 1.82) is 0 Å². The van der Waals surface area contributed by atoms with E-state index in [1.165, 1.54) is 11.1 Å². The molecule has 0 aromatic heterocycles. The second kappa shape index (κ2) is 8.26. The second-order valence-corrected chi connectivity index (χ2v) is 12.1. The number of aryl methyl sites for hydroxylation is 2. The number of phenols is 2. The maximum atomic E-state index is 10.5. The Bertz CT molecular complexity index is 812. The van der Waals surface area contributed by atoms with Crippen LogP contribution in [0.2, 0.25) is 0 Å². The second-order valence-electron chi connectivity index (χ2n) is 10.4. The molecular weight excluding hydrogens is 376 g/mol. The summed E-state index contributed by atoms with van der Waals surface area (Å²) in [5, 5.41) is 21.6. The molecule has 2 N–H and O–H groups in total. The van der Waals surface area contributed by atoms with Gasteiger partial charge in [-0.3, -0.25) is 0 Å². The molecule has 0 amide bonds. The summed E-state index contributed by atoms with van der Waals surface area (Å²) in [5.41, 5.74) is 6.16. The van der Waals surface area contributed by atoms with Gasteiger partial charge in [-0.2, -0.15) is 0 Å². The van der Waals surface area contributed by atoms with E-state index in [0.717, 1.165) is 22.3 Å². The molecule has 0 aliphatic carbocycles. The molecule has 0 spiro atoms. The standard InChI is InChI=1S/C26H38O2S/c1-15-11-19(13-21(23(15)27)25(5,6)7)17(3)29-18(4)20-12-16(2)24(28)22(14-20)26(8,9)10/h11-14,17-18,27-28H,1-10H3. The van der Waals surface area contributed by atoms with Crippen LogP contribution in [0.4, 0.5) is 0 Å². The van der Waals surface area contributed by atoms with Gasteiger partial charge < -0.3 is 10.2 Å². The van der Waals surface area contributed by atoms with E-state index < -0.39 is 0 Å². The molecule has 2 aromatic rings. The average molecular weight is 415 g/mol. The van der Waals surface area contributed by atoms with Crippen molar-refractivity contribution in [2.24, 2.45) is 0 Å². The Hall–Kier alpha value is -1.61. The lowest BCUT2D eigenvalue weighted by molar-refractivity contribution is 0.442. The number of phenolic OH excluding ortho intramolecular Hbond substituents is 2. The highest BCUT2D eigenvalue weighted by Gasteiger charge is 2.24. The quantitative estimate of drug-likeness (QED) is 0.535. The summed E-state index contributed by atoms with van der Waals surface area (Å²) in [6, 6.07) is 8.54. The lowest BCUT2D eigenvalue weighted by Gasteiger charge is -2.26. The van der Waals surface area contributed by atoms with Gasteiger partial charge in [-0.15, -0.1) is 11.8 Å². The van der Waals surface area contributed by atoms with E-state index in [9.17, 15) is 10.2 Å². The van der Waals surface area contributed by atoms with Crippen LogP contribution < -0.4 is 0 Å². The minimum atomic E-state index is -0.101. The Morgan fingerprint density at radius 2 is 0.966 bits per heavy atom. The minimum absolute atomic E-state index is 0.101. The molecule has 0 aliphatic heterocycles. The predicted octanol–water partition coefficient (Wildman–Crippen LogP) is 7.87. The number of benzene rings is 2. The number of hydrogen-bond acceptors (Lipinski definition) is 3. The highest BCUT2D eigenvalue weighted by Crippen LogP contribution is 2.45. The third kappa shape index (κ3) is 5.31. The Labute approximate surface area is 181 Å². The molecule has 2 rings (SSSR count). The first-order valence-corrected chi connectivity index (χ1v) is 11.4. The largest absolute Gasteiger partial charge is 0.507 e. The molecule has 0 bridgehead atoms. The van der Waals surface area contributed by atoms with E-state index in [0.29, 0.717) is 11.5 Å². The normalized spacial score (nSPS) is 14.7. The molecule has 2 aromatic carbocycles. The molecule has 0 fully saturated rings. The fourth-order valence-electron chi connectivity index (χ4n) is 3.69. The Kier molecular flexibility index (Phi) is 6.74. The van der Waals surface area contributed by atoms with Crippen LogP contribution in [0.25, 0.3) is 0 Å². The van der Waals surface area contributed by atoms with Gasteiger partial charge in [-0.25, -0.2) is 0 Å². The van der Waals surface area contributed by atoms with E-state index in [1.54, 1.807) is 0 Å². The Morgan fingerprint density at radius 3 is 1.24 bits per heavy atom. The maximum absolute atomic E-state index is 10.5. The average Bonchev–Trinajstić information content (AvgIpc) is 2.57. The zero-order valence-corrected chi connectivity index (χ0v) is 20.6. The molecule has 2 unspecified atom stereocenters. The van der Waals surface area contributed by atoms with E-state index in [1.807, 2.05) is 25.6 Å². The van der Waals surface area contributed by atoms with Crippen LogP contribution in [0.15, 0.2) is 24.3 Å². The van der Waals surface area contributed by atoms with Gasteiger partial charge >= 0.3 is 0 Å². The van der Waals surface area contributed by atoms with Crippen LogP contribution in [0.5, 0.6) is 11.5 Å². The highest BCUT2D eigenvalue weighted by atomic mass is 32.2. The molecule has 0 saturated heterocycles. The molecule has 2 nitrogen and oxygen atoms in total. The zero-order chi connectivity index (χ0) is 22.3. The zero-order valence-electron chi connectivity index (χ0n) is 19.8. The van der Waals surface area contributed by atoms with Gasteiger partial charge in [-0.1, -0.05) is 65.8 Å². The molecule has 2 atom stereocenters. The van der Waals surface area contributed by atoms with Gasteiger partial charge in [0.1, 0.15) is 11.5 Å². The summed E-state index contributed by atoms with van der Waals surface area (Å²) >= 11 is 1.91. The van der Waals surface area contributed by atoms with Crippen LogP contribution in [0.1, 0.15) is 99.3 Å². The molecule has 0 aliphatic rings. The smallest absolute Gasteiger partial charge is 0.122 e. The summed E-state index contributed by atoms with van der Waals surface area (Å²) in [5.74, 6) is 0.825. The van der Waals surface area contributed by atoms with Crippen LogP contribution in [-0.4, -0.2) is 10.2 Å². The molecule has 3 heteroatoms. The van der Waals surface area contributed by atoms with Crippen molar-refractivity contribution < 1.29 is 10.2 Å². The summed E-state index contributed by atoms with van der Waals surface area (Å²) in [6.45, 7) is 21.3. The van der Waals surface area contributed by atoms with Gasteiger partial charge in [0.2, 0.25) is 0 Å². The van der Waals surface area contributed by atoms with E-state index in [4.69, 9.17) is 0 Å². The van der Waals surface area contributed by atoms with Crippen LogP contribution in [0.3, 0.4) is 0 Å². The van der Waals surface area contributed by atoms with Gasteiger partial charge in [0, 0.05) is 10.5 Å². The van der Waals surface area contributed by atoms with Crippen molar-refractivity contribution in [3.05, 3.63) is 57.6 Å². The number of thioether (sulfide) groups is 1. The van der Waals surface area contributed by atoms with Crippen LogP contribution >= 0.6 is 11.8 Å². The monoisotopic (exact) mass is 414 g/mol. The fourth-order valence-corrected chi connectivity index (χ4v) is 4.89. The molecule has 0 saturated carbocycles. The third-order valence-corrected chi connectivity index (χ3v) is 6.97. The third-order valence-electron chi connectivity index (χ3n) is 5.61. The number of aromatic hydroxyl groups is 2. The Balaban J connectivity index is 2.36. The summed E-state index contributed by atoms with van der Waals surface area (Å²) in [6.07, 6.45) is 0. The van der Waals surface area contributed by atoms with E-state index in [2.05, 4.69) is 79.7 Å². The highest BCUT2D eigenvalue weighted by molar-refractivity contribution is 7.99. The summed E-state index contributed by atoms with van der Waals surface area (Å²) in [7, 11) is 0. The SMILES string of the molecule is Cc1cc(C(C)SC(C)c2cc(C)c(O)c(C(C)(C)C)c2)cc(C(C)(C)C)c1O. The molecule has 0 heterocycles. The van der Waals surface area contributed by atoms with Crippen molar-refractivity contribution in [1.82, 2.24) is 0 Å². The van der Waals surface area contributed by atoms with Crippen LogP contribution in [0, 0.1) is 13.8 Å². The van der Waals surface area contributed by atoms with E-state index in [-0.39, 0.29) is 21.3 Å². The first kappa shape index (κ1) is 23.7. The van der Waals surface area contributed by atoms with Crippen molar-refractivity contribution in [2.75, 3.05) is 0 Å². The van der Waals surface area contributed by atoms with Gasteiger partial charge in [0.05, 0.1) is 0 Å². The first-order chi connectivity index (χ1) is 13.1. The predicted molar refractivity (Wildman–Crippen MR) is 128 cm³/mol. The van der Waals surface area contributed by atoms with Crippen molar-refractivity contribution >= 4 is 11.8 Å².